The molecule has 0 aliphatic heterocycles. The summed E-state index contributed by atoms with van der Waals surface area (Å²) in [7, 11) is 0. The van der Waals surface area contributed by atoms with Gasteiger partial charge in [-0.1, -0.05) is 92.4 Å². The second kappa shape index (κ2) is 13.6. The van der Waals surface area contributed by atoms with Crippen LogP contribution in [0.2, 0.25) is 0 Å². The molecule has 0 radical (unpaired) electrons. The van der Waals surface area contributed by atoms with Gasteiger partial charge in [0.1, 0.15) is 0 Å². The lowest BCUT2D eigenvalue weighted by Crippen LogP contribution is -2.18. The third-order valence-electron chi connectivity index (χ3n) is 5.31. The number of ether oxygens (including phenoxy) is 1. The Labute approximate surface area is 158 Å². The molecule has 0 atom stereocenters. The second-order valence-electron chi connectivity index (χ2n) is 9.39. The fourth-order valence-corrected chi connectivity index (χ4v) is 3.76. The van der Waals surface area contributed by atoms with Gasteiger partial charge in [0.2, 0.25) is 0 Å². The molecular formula is C23H46O2. The van der Waals surface area contributed by atoms with Crippen LogP contribution in [0.25, 0.3) is 0 Å². The number of unbranched alkanes of at least 4 members (excludes halogenated alkanes) is 7. The lowest BCUT2D eigenvalue weighted by atomic mass is 9.82. The predicted octanol–water partition coefficient (Wildman–Crippen LogP) is 7.69. The highest BCUT2D eigenvalue weighted by molar-refractivity contribution is 5.70. The molecule has 0 N–H and O–H groups in total. The Morgan fingerprint density at radius 1 is 0.680 bits per heavy atom. The molecule has 2 heteroatoms. The van der Waals surface area contributed by atoms with E-state index in [1.807, 2.05) is 6.92 Å². The van der Waals surface area contributed by atoms with Crippen molar-refractivity contribution in [3.8, 4) is 0 Å². The molecule has 0 unspecified atom stereocenters. The van der Waals surface area contributed by atoms with Crippen molar-refractivity contribution in [1.29, 1.82) is 0 Å². The first-order valence-electron chi connectivity index (χ1n) is 10.9. The molecular weight excluding hydrogens is 308 g/mol. The first-order valence-corrected chi connectivity index (χ1v) is 10.9. The second-order valence-corrected chi connectivity index (χ2v) is 9.39. The molecule has 0 amide bonds. The summed E-state index contributed by atoms with van der Waals surface area (Å²) in [5, 5.41) is 0. The van der Waals surface area contributed by atoms with Crippen molar-refractivity contribution in [3.63, 3.8) is 0 Å². The van der Waals surface area contributed by atoms with Gasteiger partial charge in [0.25, 0.3) is 0 Å². The number of rotatable bonds is 16. The Bertz CT molecular complexity index is 331. The van der Waals surface area contributed by atoms with Crippen LogP contribution in [0.15, 0.2) is 0 Å². The molecule has 0 aromatic rings. The predicted molar refractivity (Wildman–Crippen MR) is 110 cm³/mol. The fraction of sp³-hybridized carbons (Fsp3) is 0.957. The lowest BCUT2D eigenvalue weighted by Gasteiger charge is -2.23. The molecule has 0 bridgehead atoms. The van der Waals surface area contributed by atoms with Crippen molar-refractivity contribution in [2.75, 3.05) is 6.61 Å². The molecule has 0 saturated heterocycles. The van der Waals surface area contributed by atoms with Crippen LogP contribution in [-0.2, 0) is 9.53 Å². The Hall–Kier alpha value is -0.530. The van der Waals surface area contributed by atoms with Gasteiger partial charge in [0.15, 0.2) is 0 Å². The monoisotopic (exact) mass is 354 g/mol. The molecule has 0 aliphatic rings. The maximum absolute atomic E-state index is 11.6. The topological polar surface area (TPSA) is 26.3 Å². The first-order chi connectivity index (χ1) is 11.7. The summed E-state index contributed by atoms with van der Waals surface area (Å²) in [4.78, 5) is 11.6. The molecule has 25 heavy (non-hydrogen) atoms. The van der Waals surface area contributed by atoms with E-state index in [-0.39, 0.29) is 11.4 Å². The molecule has 0 aromatic heterocycles. The van der Waals surface area contributed by atoms with Crippen molar-refractivity contribution >= 4 is 5.97 Å². The number of hydrogen-bond donors (Lipinski definition) is 0. The summed E-state index contributed by atoms with van der Waals surface area (Å²) in [6, 6.07) is 0. The van der Waals surface area contributed by atoms with Crippen molar-refractivity contribution in [2.24, 2.45) is 10.8 Å². The van der Waals surface area contributed by atoms with Crippen LogP contribution in [-0.4, -0.2) is 12.6 Å². The quantitative estimate of drug-likeness (QED) is 0.210. The zero-order valence-electron chi connectivity index (χ0n) is 18.2. The van der Waals surface area contributed by atoms with Crippen molar-refractivity contribution in [1.82, 2.24) is 0 Å². The highest BCUT2D eigenvalue weighted by Crippen LogP contribution is 2.30. The van der Waals surface area contributed by atoms with Gasteiger partial charge in [-0.05, 0) is 37.0 Å². The van der Waals surface area contributed by atoms with E-state index >= 15 is 0 Å². The SMILES string of the molecule is CCCC(C)(C)CCCCCCCCCCC(C)(C)CC(=O)OCC. The Morgan fingerprint density at radius 3 is 1.56 bits per heavy atom. The highest BCUT2D eigenvalue weighted by Gasteiger charge is 2.22. The Morgan fingerprint density at radius 2 is 1.12 bits per heavy atom. The highest BCUT2D eigenvalue weighted by atomic mass is 16.5. The van der Waals surface area contributed by atoms with Crippen LogP contribution in [0.5, 0.6) is 0 Å². The van der Waals surface area contributed by atoms with Crippen molar-refractivity contribution in [3.05, 3.63) is 0 Å². The largest absolute Gasteiger partial charge is 0.466 e. The summed E-state index contributed by atoms with van der Waals surface area (Å²) in [5.74, 6) is -0.0467. The Kier molecular flexibility index (Phi) is 13.4. The third-order valence-corrected chi connectivity index (χ3v) is 5.31. The smallest absolute Gasteiger partial charge is 0.306 e. The van der Waals surface area contributed by atoms with Gasteiger partial charge in [-0.15, -0.1) is 0 Å². The van der Waals surface area contributed by atoms with Crippen molar-refractivity contribution < 1.29 is 9.53 Å². The van der Waals surface area contributed by atoms with Crippen LogP contribution in [0.1, 0.15) is 125 Å². The van der Waals surface area contributed by atoms with Crippen LogP contribution >= 0.6 is 0 Å². The number of carbonyl (C=O) groups excluding carboxylic acids is 1. The maximum atomic E-state index is 11.6. The van der Waals surface area contributed by atoms with E-state index in [1.54, 1.807) is 0 Å². The van der Waals surface area contributed by atoms with E-state index in [4.69, 9.17) is 4.74 Å². The van der Waals surface area contributed by atoms with Gasteiger partial charge in [-0.25, -0.2) is 0 Å². The zero-order chi connectivity index (χ0) is 19.2. The first kappa shape index (κ1) is 24.5. The van der Waals surface area contributed by atoms with E-state index in [1.165, 1.54) is 70.6 Å². The third kappa shape index (κ3) is 15.4. The van der Waals surface area contributed by atoms with Gasteiger partial charge in [-0.3, -0.25) is 4.79 Å². The van der Waals surface area contributed by atoms with E-state index in [0.717, 1.165) is 6.42 Å². The molecule has 0 aromatic carbocycles. The van der Waals surface area contributed by atoms with Gasteiger partial charge < -0.3 is 4.74 Å². The van der Waals surface area contributed by atoms with Crippen molar-refractivity contribution in [2.45, 2.75) is 125 Å². The van der Waals surface area contributed by atoms with E-state index in [2.05, 4.69) is 34.6 Å². The maximum Gasteiger partial charge on any atom is 0.306 e. The number of esters is 1. The average molecular weight is 355 g/mol. The minimum absolute atomic E-state index is 0.0467. The van der Waals surface area contributed by atoms with Gasteiger partial charge in [0.05, 0.1) is 13.0 Å². The minimum Gasteiger partial charge on any atom is -0.466 e. The van der Waals surface area contributed by atoms with Gasteiger partial charge in [-0.2, -0.15) is 0 Å². The standard InChI is InChI=1S/C23H46O2/c1-7-17-22(3,4)18-15-13-11-9-10-12-14-16-19-23(5,6)20-21(24)25-8-2/h7-20H2,1-6H3. The van der Waals surface area contributed by atoms with Crippen LogP contribution in [0.3, 0.4) is 0 Å². The van der Waals surface area contributed by atoms with Gasteiger partial charge in [0, 0.05) is 0 Å². The summed E-state index contributed by atoms with van der Waals surface area (Å²) in [5.41, 5.74) is 0.628. The minimum atomic E-state index is -0.0467. The molecule has 0 rings (SSSR count). The Balaban J connectivity index is 3.51. The summed E-state index contributed by atoms with van der Waals surface area (Å²) in [6.07, 6.45) is 16.6. The number of carbonyl (C=O) groups is 1. The molecule has 0 saturated carbocycles. The lowest BCUT2D eigenvalue weighted by molar-refractivity contribution is -0.145. The fourth-order valence-electron chi connectivity index (χ4n) is 3.76. The zero-order valence-corrected chi connectivity index (χ0v) is 18.2. The summed E-state index contributed by atoms with van der Waals surface area (Å²) >= 11 is 0. The van der Waals surface area contributed by atoms with E-state index < -0.39 is 0 Å². The molecule has 2 nitrogen and oxygen atoms in total. The molecule has 0 heterocycles. The van der Waals surface area contributed by atoms with Crippen LogP contribution in [0.4, 0.5) is 0 Å². The van der Waals surface area contributed by atoms with Gasteiger partial charge >= 0.3 is 5.97 Å². The van der Waals surface area contributed by atoms with E-state index in [0.29, 0.717) is 18.4 Å². The molecule has 0 spiro atoms. The molecule has 0 aliphatic carbocycles. The average Bonchev–Trinajstić information content (AvgIpc) is 2.48. The normalized spacial score (nSPS) is 12.4. The van der Waals surface area contributed by atoms with Crippen LogP contribution in [0, 0.1) is 10.8 Å². The molecule has 0 fully saturated rings. The summed E-state index contributed by atoms with van der Waals surface area (Å²) in [6.45, 7) is 13.9. The summed E-state index contributed by atoms with van der Waals surface area (Å²) < 4.78 is 5.06. The number of hydrogen-bond acceptors (Lipinski definition) is 2. The van der Waals surface area contributed by atoms with E-state index in [9.17, 15) is 4.79 Å². The van der Waals surface area contributed by atoms with Crippen LogP contribution < -0.4 is 0 Å². The molecule has 150 valence electrons.